The van der Waals surface area contributed by atoms with Crippen LogP contribution in [0.2, 0.25) is 0 Å². The highest BCUT2D eigenvalue weighted by atomic mass is 16.5. The van der Waals surface area contributed by atoms with Crippen LogP contribution in [0.4, 0.5) is 0 Å². The van der Waals surface area contributed by atoms with Crippen LogP contribution in [-0.2, 0) is 14.3 Å². The van der Waals surface area contributed by atoms with E-state index in [1.54, 1.807) is 0 Å². The van der Waals surface area contributed by atoms with Gasteiger partial charge in [0, 0.05) is 5.57 Å². The summed E-state index contributed by atoms with van der Waals surface area (Å²) in [6.45, 7) is 4.44. The zero-order valence-electron chi connectivity index (χ0n) is 13.3. The highest BCUT2D eigenvalue weighted by molar-refractivity contribution is 6.00. The minimum Gasteiger partial charge on any atom is -0.478 e. The quantitative estimate of drug-likeness (QED) is 0.514. The number of hydrogen-bond donors (Lipinski definition) is 1. The highest BCUT2D eigenvalue weighted by Gasteiger charge is 2.29. The molecule has 21 heavy (non-hydrogen) atoms. The second-order valence-electron chi connectivity index (χ2n) is 5.89. The van der Waals surface area contributed by atoms with E-state index in [2.05, 4.69) is 6.92 Å². The largest absolute Gasteiger partial charge is 0.478 e. The predicted molar refractivity (Wildman–Crippen MR) is 82.0 cm³/mol. The number of carboxylic acid groups (broad SMARTS) is 1. The lowest BCUT2D eigenvalue weighted by Crippen LogP contribution is -2.22. The van der Waals surface area contributed by atoms with Gasteiger partial charge in [-0.05, 0) is 31.6 Å². The molecule has 0 aromatic rings. The first-order chi connectivity index (χ1) is 10.1. The molecule has 0 radical (unpaired) electrons. The summed E-state index contributed by atoms with van der Waals surface area (Å²) in [5.41, 5.74) is 0.640. The van der Waals surface area contributed by atoms with E-state index in [0.717, 1.165) is 25.7 Å². The number of hydrogen-bond acceptors (Lipinski definition) is 3. The zero-order chi connectivity index (χ0) is 15.7. The monoisotopic (exact) mass is 296 g/mol. The molecule has 1 rings (SSSR count). The Balaban J connectivity index is 2.39. The molecule has 0 heterocycles. The van der Waals surface area contributed by atoms with Crippen LogP contribution in [-0.4, -0.2) is 23.7 Å². The second kappa shape index (κ2) is 9.59. The Kier molecular flexibility index (Phi) is 8.09. The molecular weight excluding hydrogens is 268 g/mol. The van der Waals surface area contributed by atoms with Crippen molar-refractivity contribution in [2.45, 2.75) is 71.6 Å². The molecule has 0 bridgehead atoms. The summed E-state index contributed by atoms with van der Waals surface area (Å²) in [7, 11) is 0. The lowest BCUT2D eigenvalue weighted by atomic mass is 9.84. The number of ether oxygens (including phenoxy) is 1. The number of rotatable bonds is 9. The van der Waals surface area contributed by atoms with Gasteiger partial charge in [-0.2, -0.15) is 0 Å². The van der Waals surface area contributed by atoms with Crippen molar-refractivity contribution in [1.82, 2.24) is 0 Å². The van der Waals surface area contributed by atoms with Crippen LogP contribution in [0.25, 0.3) is 0 Å². The van der Waals surface area contributed by atoms with Gasteiger partial charge in [0.25, 0.3) is 0 Å². The van der Waals surface area contributed by atoms with Gasteiger partial charge in [-0.3, -0.25) is 0 Å². The first-order valence-electron chi connectivity index (χ1n) is 8.21. The molecule has 1 atom stereocenters. The highest BCUT2D eigenvalue weighted by Crippen LogP contribution is 2.30. The summed E-state index contributed by atoms with van der Waals surface area (Å²) >= 11 is 0. The Hall–Kier alpha value is -1.32. The molecule has 1 aliphatic rings. The average molecular weight is 296 g/mol. The van der Waals surface area contributed by atoms with Crippen LogP contribution in [0.3, 0.4) is 0 Å². The molecule has 0 spiro atoms. The Morgan fingerprint density at radius 2 is 1.86 bits per heavy atom. The number of unbranched alkanes of at least 4 members (excludes halogenated alkanes) is 5. The lowest BCUT2D eigenvalue weighted by Gasteiger charge is -2.22. The van der Waals surface area contributed by atoms with Crippen molar-refractivity contribution in [3.8, 4) is 0 Å². The summed E-state index contributed by atoms with van der Waals surface area (Å²) < 4.78 is 5.26. The summed E-state index contributed by atoms with van der Waals surface area (Å²) in [5, 5.41) is 9.25. The van der Waals surface area contributed by atoms with Crippen LogP contribution in [0, 0.1) is 5.92 Å². The van der Waals surface area contributed by atoms with Crippen molar-refractivity contribution >= 4 is 11.9 Å². The van der Waals surface area contributed by atoms with E-state index in [-0.39, 0.29) is 11.5 Å². The molecule has 4 nitrogen and oxygen atoms in total. The van der Waals surface area contributed by atoms with Gasteiger partial charge in [-0.15, -0.1) is 0 Å². The number of carbonyl (C=O) groups is 2. The van der Waals surface area contributed by atoms with Crippen molar-refractivity contribution in [2.75, 3.05) is 6.61 Å². The molecule has 0 aromatic carbocycles. The minimum absolute atomic E-state index is 0.0622. The Bertz CT molecular complexity index is 384. The maximum atomic E-state index is 12.1. The third kappa shape index (κ3) is 5.90. The fourth-order valence-electron chi connectivity index (χ4n) is 2.85. The number of esters is 1. The average Bonchev–Trinajstić information content (AvgIpc) is 2.45. The number of carboxylic acids is 1. The van der Waals surface area contributed by atoms with Gasteiger partial charge in [0.2, 0.25) is 0 Å². The van der Waals surface area contributed by atoms with Crippen molar-refractivity contribution in [2.24, 2.45) is 5.92 Å². The van der Waals surface area contributed by atoms with Crippen molar-refractivity contribution in [3.63, 3.8) is 0 Å². The topological polar surface area (TPSA) is 63.6 Å². The van der Waals surface area contributed by atoms with Crippen molar-refractivity contribution in [3.05, 3.63) is 11.1 Å². The molecule has 1 unspecified atom stereocenters. The van der Waals surface area contributed by atoms with Gasteiger partial charge in [0.05, 0.1) is 12.2 Å². The van der Waals surface area contributed by atoms with E-state index in [1.807, 2.05) is 6.92 Å². The molecule has 120 valence electrons. The minimum atomic E-state index is -0.978. The van der Waals surface area contributed by atoms with Gasteiger partial charge in [0.1, 0.15) is 0 Å². The molecule has 1 N–H and O–H groups in total. The molecule has 0 fully saturated rings. The van der Waals surface area contributed by atoms with E-state index in [4.69, 9.17) is 4.74 Å². The zero-order valence-corrected chi connectivity index (χ0v) is 13.3. The van der Waals surface area contributed by atoms with Crippen LogP contribution in [0.15, 0.2) is 11.1 Å². The second-order valence-corrected chi connectivity index (χ2v) is 5.89. The van der Waals surface area contributed by atoms with Gasteiger partial charge in [-0.1, -0.05) is 46.0 Å². The molecular formula is C17H28O4. The lowest BCUT2D eigenvalue weighted by molar-refractivity contribution is -0.141. The Morgan fingerprint density at radius 1 is 1.19 bits per heavy atom. The standard InChI is InChI=1S/C17H28O4/c1-3-4-5-6-7-8-12-21-17(20)14-11-9-10-13(2)15(14)16(18)19/h13H,3-12H2,1-2H3,(H,18,19). The fourth-order valence-corrected chi connectivity index (χ4v) is 2.85. The van der Waals surface area contributed by atoms with E-state index in [1.165, 1.54) is 25.7 Å². The van der Waals surface area contributed by atoms with Crippen LogP contribution >= 0.6 is 0 Å². The van der Waals surface area contributed by atoms with Gasteiger partial charge in [0.15, 0.2) is 0 Å². The van der Waals surface area contributed by atoms with Crippen LogP contribution < -0.4 is 0 Å². The van der Waals surface area contributed by atoms with E-state index < -0.39 is 11.9 Å². The number of aliphatic carboxylic acids is 1. The SMILES string of the molecule is CCCCCCCCOC(=O)C1=C(C(=O)O)C(C)CCC1. The van der Waals surface area contributed by atoms with Crippen molar-refractivity contribution < 1.29 is 19.4 Å². The van der Waals surface area contributed by atoms with E-state index in [0.29, 0.717) is 18.6 Å². The smallest absolute Gasteiger partial charge is 0.334 e. The van der Waals surface area contributed by atoms with Crippen LogP contribution in [0.5, 0.6) is 0 Å². The summed E-state index contributed by atoms with van der Waals surface area (Å²) in [5.74, 6) is -1.46. The summed E-state index contributed by atoms with van der Waals surface area (Å²) in [4.78, 5) is 23.3. The first-order valence-corrected chi connectivity index (χ1v) is 8.21. The molecule has 0 saturated carbocycles. The fraction of sp³-hybridized carbons (Fsp3) is 0.765. The van der Waals surface area contributed by atoms with E-state index in [9.17, 15) is 14.7 Å². The summed E-state index contributed by atoms with van der Waals surface area (Å²) in [6, 6.07) is 0. The Morgan fingerprint density at radius 3 is 2.52 bits per heavy atom. The normalized spacial score (nSPS) is 18.7. The van der Waals surface area contributed by atoms with Gasteiger partial charge >= 0.3 is 11.9 Å². The third-order valence-corrected chi connectivity index (χ3v) is 4.09. The summed E-state index contributed by atoms with van der Waals surface area (Å²) in [6.07, 6.45) is 9.03. The van der Waals surface area contributed by atoms with E-state index >= 15 is 0 Å². The molecule has 0 aromatic heterocycles. The van der Waals surface area contributed by atoms with Gasteiger partial charge in [-0.25, -0.2) is 9.59 Å². The predicted octanol–water partition coefficient (Wildman–Crippen LogP) is 4.09. The van der Waals surface area contributed by atoms with Crippen LogP contribution in [0.1, 0.15) is 71.6 Å². The molecule has 4 heteroatoms. The maximum absolute atomic E-state index is 12.1. The maximum Gasteiger partial charge on any atom is 0.334 e. The Labute approximate surface area is 127 Å². The third-order valence-electron chi connectivity index (χ3n) is 4.09. The number of carbonyl (C=O) groups excluding carboxylic acids is 1. The molecule has 0 amide bonds. The molecule has 0 saturated heterocycles. The van der Waals surface area contributed by atoms with Gasteiger partial charge < -0.3 is 9.84 Å². The van der Waals surface area contributed by atoms with Crippen molar-refractivity contribution in [1.29, 1.82) is 0 Å². The molecule has 1 aliphatic carbocycles. The molecule has 0 aliphatic heterocycles. The first kappa shape index (κ1) is 17.7.